The van der Waals surface area contributed by atoms with Crippen molar-refractivity contribution in [2.45, 2.75) is 11.8 Å². The Bertz CT molecular complexity index is 823. The molecule has 0 saturated carbocycles. The number of hydrogen-bond donors (Lipinski definition) is 1. The Kier molecular flexibility index (Phi) is 5.87. The number of anilines is 1. The number of aryl methyl sites for hydroxylation is 1. The van der Waals surface area contributed by atoms with Crippen molar-refractivity contribution in [3.8, 4) is 11.5 Å². The molecule has 7 nitrogen and oxygen atoms in total. The van der Waals surface area contributed by atoms with E-state index in [1.54, 1.807) is 30.5 Å². The lowest BCUT2D eigenvalue weighted by molar-refractivity contribution is -0.387. The fraction of sp³-hybridized carbons (Fsp3) is 0.235. The van der Waals surface area contributed by atoms with Crippen molar-refractivity contribution in [2.24, 2.45) is 0 Å². The second-order valence-electron chi connectivity index (χ2n) is 5.12. The fourth-order valence-electron chi connectivity index (χ4n) is 2.28. The number of nitrogens with one attached hydrogen (secondary N) is 1. The summed E-state index contributed by atoms with van der Waals surface area (Å²) in [7, 11) is 3.03. The first-order valence-electron chi connectivity index (χ1n) is 7.27. The average Bonchev–Trinajstić information content (AvgIpc) is 2.62. The number of nitro benzene ring substituents is 1. The summed E-state index contributed by atoms with van der Waals surface area (Å²) in [5.74, 6) is 0.594. The maximum Gasteiger partial charge on any atom is 0.283 e. The third-order valence-corrected chi connectivity index (χ3v) is 4.40. The molecule has 0 aliphatic heterocycles. The summed E-state index contributed by atoms with van der Waals surface area (Å²) in [6.07, 6.45) is 1.75. The van der Waals surface area contributed by atoms with Crippen molar-refractivity contribution >= 4 is 29.0 Å². The van der Waals surface area contributed by atoms with Crippen LogP contribution in [0, 0.1) is 17.0 Å². The molecule has 2 aromatic carbocycles. The molecule has 1 N–H and O–H groups in total. The van der Waals surface area contributed by atoms with E-state index in [2.05, 4.69) is 5.32 Å². The number of hydrogen-bond acceptors (Lipinski definition) is 6. The van der Waals surface area contributed by atoms with E-state index in [-0.39, 0.29) is 11.3 Å². The summed E-state index contributed by atoms with van der Waals surface area (Å²) in [6, 6.07) is 7.80. The van der Waals surface area contributed by atoms with Gasteiger partial charge in [0.1, 0.15) is 0 Å². The van der Waals surface area contributed by atoms with Crippen LogP contribution >= 0.6 is 11.8 Å². The summed E-state index contributed by atoms with van der Waals surface area (Å²) < 4.78 is 10.4. The molecule has 2 rings (SSSR count). The topological polar surface area (TPSA) is 90.7 Å². The Balaban J connectivity index is 2.34. The third kappa shape index (κ3) is 4.03. The smallest absolute Gasteiger partial charge is 0.283 e. The van der Waals surface area contributed by atoms with Crippen molar-refractivity contribution in [1.29, 1.82) is 0 Å². The predicted octanol–water partition coefficient (Wildman–Crippen LogP) is 3.89. The molecular weight excluding hydrogens is 344 g/mol. The highest BCUT2D eigenvalue weighted by Gasteiger charge is 2.18. The van der Waals surface area contributed by atoms with E-state index < -0.39 is 10.8 Å². The van der Waals surface area contributed by atoms with Gasteiger partial charge in [0.15, 0.2) is 11.5 Å². The Hall–Kier alpha value is -2.74. The van der Waals surface area contributed by atoms with Gasteiger partial charge in [-0.05, 0) is 36.9 Å². The SMILES string of the molecule is COc1cc(C)c(NC(=O)c2ccc(SC)c([N+](=O)[O-])c2)cc1OC. The van der Waals surface area contributed by atoms with Crippen molar-refractivity contribution in [3.63, 3.8) is 0 Å². The standard InChI is InChI=1S/C17H18N2O5S/c1-10-7-14(23-2)15(24-3)9-12(10)18-17(20)11-5-6-16(25-4)13(8-11)19(21)22/h5-9H,1-4H3,(H,18,20). The van der Waals surface area contributed by atoms with Crippen LogP contribution in [-0.4, -0.2) is 31.3 Å². The normalized spacial score (nSPS) is 10.2. The van der Waals surface area contributed by atoms with Crippen molar-refractivity contribution in [2.75, 3.05) is 25.8 Å². The molecule has 0 unspecified atom stereocenters. The Morgan fingerprint density at radius 1 is 1.16 bits per heavy atom. The average molecular weight is 362 g/mol. The van der Waals surface area contributed by atoms with Crippen molar-refractivity contribution < 1.29 is 19.2 Å². The Morgan fingerprint density at radius 3 is 2.36 bits per heavy atom. The summed E-state index contributed by atoms with van der Waals surface area (Å²) in [5, 5.41) is 13.9. The molecule has 8 heteroatoms. The van der Waals surface area contributed by atoms with Crippen LogP contribution in [0.5, 0.6) is 11.5 Å². The molecule has 0 atom stereocenters. The number of rotatable bonds is 6. The zero-order valence-corrected chi connectivity index (χ0v) is 15.1. The third-order valence-electron chi connectivity index (χ3n) is 3.62. The Labute approximate surface area is 149 Å². The van der Waals surface area contributed by atoms with Crippen LogP contribution in [0.4, 0.5) is 11.4 Å². The molecule has 0 spiro atoms. The molecule has 0 aromatic heterocycles. The van der Waals surface area contributed by atoms with E-state index in [1.165, 1.54) is 32.0 Å². The fourth-order valence-corrected chi connectivity index (χ4v) is 2.83. The highest BCUT2D eigenvalue weighted by Crippen LogP contribution is 2.33. The largest absolute Gasteiger partial charge is 0.493 e. The lowest BCUT2D eigenvalue weighted by atomic mass is 10.1. The van der Waals surface area contributed by atoms with Gasteiger partial charge in [0.25, 0.3) is 11.6 Å². The summed E-state index contributed by atoms with van der Waals surface area (Å²) in [5.41, 5.74) is 1.43. The molecule has 25 heavy (non-hydrogen) atoms. The maximum atomic E-state index is 12.5. The summed E-state index contributed by atoms with van der Waals surface area (Å²) >= 11 is 1.26. The number of nitro groups is 1. The van der Waals surface area contributed by atoms with Crippen molar-refractivity contribution in [3.05, 3.63) is 51.6 Å². The molecule has 1 amide bonds. The van der Waals surface area contributed by atoms with Gasteiger partial charge in [0, 0.05) is 23.4 Å². The van der Waals surface area contributed by atoms with E-state index in [4.69, 9.17) is 9.47 Å². The van der Waals surface area contributed by atoms with Crippen LogP contribution in [0.3, 0.4) is 0 Å². The van der Waals surface area contributed by atoms with Crippen LogP contribution in [0.2, 0.25) is 0 Å². The van der Waals surface area contributed by atoms with Crippen LogP contribution in [0.1, 0.15) is 15.9 Å². The number of amides is 1. The van der Waals surface area contributed by atoms with Crippen LogP contribution < -0.4 is 14.8 Å². The number of thioether (sulfide) groups is 1. The molecular formula is C17H18N2O5S. The minimum absolute atomic E-state index is 0.0933. The molecule has 0 aliphatic carbocycles. The molecule has 0 fully saturated rings. The van der Waals surface area contributed by atoms with E-state index in [0.29, 0.717) is 22.1 Å². The maximum absolute atomic E-state index is 12.5. The number of carbonyl (C=O) groups excluding carboxylic acids is 1. The molecule has 0 aliphatic rings. The van der Waals surface area contributed by atoms with Gasteiger partial charge in [-0.2, -0.15) is 0 Å². The van der Waals surface area contributed by atoms with Gasteiger partial charge in [0.2, 0.25) is 0 Å². The molecule has 0 heterocycles. The van der Waals surface area contributed by atoms with E-state index in [1.807, 2.05) is 6.92 Å². The summed E-state index contributed by atoms with van der Waals surface area (Å²) in [4.78, 5) is 23.6. The first-order chi connectivity index (χ1) is 11.9. The second kappa shape index (κ2) is 7.89. The van der Waals surface area contributed by atoms with Crippen LogP contribution in [0.15, 0.2) is 35.2 Å². The van der Waals surface area contributed by atoms with Gasteiger partial charge in [0.05, 0.1) is 24.0 Å². The van der Waals surface area contributed by atoms with Gasteiger partial charge in [-0.15, -0.1) is 11.8 Å². The number of nitrogens with zero attached hydrogens (tertiary/aromatic N) is 1. The van der Waals surface area contributed by atoms with E-state index in [0.717, 1.165) is 5.56 Å². The number of ether oxygens (including phenoxy) is 2. The monoisotopic (exact) mass is 362 g/mol. The minimum atomic E-state index is -0.496. The second-order valence-corrected chi connectivity index (χ2v) is 5.97. The lowest BCUT2D eigenvalue weighted by Gasteiger charge is -2.13. The predicted molar refractivity (Wildman–Crippen MR) is 97.1 cm³/mol. The van der Waals surface area contributed by atoms with Gasteiger partial charge >= 0.3 is 0 Å². The first kappa shape index (κ1) is 18.6. The molecule has 0 saturated heterocycles. The molecule has 132 valence electrons. The molecule has 0 radical (unpaired) electrons. The van der Waals surface area contributed by atoms with Gasteiger partial charge in [-0.3, -0.25) is 14.9 Å². The quantitative estimate of drug-likeness (QED) is 0.476. The number of carbonyl (C=O) groups is 1. The van der Waals surface area contributed by atoms with Crippen LogP contribution in [0.25, 0.3) is 0 Å². The first-order valence-corrected chi connectivity index (χ1v) is 8.50. The number of methoxy groups -OCH3 is 2. The van der Waals surface area contributed by atoms with Gasteiger partial charge in [-0.1, -0.05) is 0 Å². The molecule has 0 bridgehead atoms. The summed E-state index contributed by atoms with van der Waals surface area (Å²) in [6.45, 7) is 1.82. The van der Waals surface area contributed by atoms with Crippen LogP contribution in [-0.2, 0) is 0 Å². The number of benzene rings is 2. The highest BCUT2D eigenvalue weighted by atomic mass is 32.2. The van der Waals surface area contributed by atoms with E-state index in [9.17, 15) is 14.9 Å². The van der Waals surface area contributed by atoms with E-state index >= 15 is 0 Å². The Morgan fingerprint density at radius 2 is 1.80 bits per heavy atom. The zero-order valence-electron chi connectivity index (χ0n) is 14.3. The lowest BCUT2D eigenvalue weighted by Crippen LogP contribution is -2.13. The zero-order chi connectivity index (χ0) is 18.6. The van der Waals surface area contributed by atoms with Gasteiger partial charge in [-0.25, -0.2) is 0 Å². The van der Waals surface area contributed by atoms with Gasteiger partial charge < -0.3 is 14.8 Å². The minimum Gasteiger partial charge on any atom is -0.493 e. The highest BCUT2D eigenvalue weighted by molar-refractivity contribution is 7.98. The van der Waals surface area contributed by atoms with Crippen molar-refractivity contribution in [1.82, 2.24) is 0 Å². The molecule has 2 aromatic rings.